The number of nitrogens with zero attached hydrogens (tertiary/aromatic N) is 2. The van der Waals surface area contributed by atoms with Gasteiger partial charge in [-0.2, -0.15) is 0 Å². The van der Waals surface area contributed by atoms with Gasteiger partial charge in [-0.3, -0.25) is 14.7 Å². The highest BCUT2D eigenvalue weighted by Gasteiger charge is 2.19. The fraction of sp³-hybridized carbons (Fsp3) is 0.478. The molecule has 27 heavy (non-hydrogen) atoms. The van der Waals surface area contributed by atoms with Gasteiger partial charge in [0.2, 0.25) is 5.91 Å². The molecule has 4 nitrogen and oxygen atoms in total. The highest BCUT2D eigenvalue weighted by molar-refractivity contribution is 5.78. The smallest absolute Gasteiger partial charge is 0.234 e. The van der Waals surface area contributed by atoms with Gasteiger partial charge in [0.15, 0.2) is 0 Å². The van der Waals surface area contributed by atoms with E-state index in [-0.39, 0.29) is 11.9 Å². The first-order valence-corrected chi connectivity index (χ1v) is 9.84. The third-order valence-corrected chi connectivity index (χ3v) is 4.83. The van der Waals surface area contributed by atoms with Crippen LogP contribution < -0.4 is 5.32 Å². The zero-order valence-electron chi connectivity index (χ0n) is 17.3. The average molecular weight is 368 g/mol. The molecule has 0 aliphatic rings. The van der Waals surface area contributed by atoms with Gasteiger partial charge in [0.05, 0.1) is 12.6 Å². The molecule has 1 N–H and O–H groups in total. The van der Waals surface area contributed by atoms with E-state index in [2.05, 4.69) is 62.3 Å². The summed E-state index contributed by atoms with van der Waals surface area (Å²) in [6, 6.07) is 14.6. The monoisotopic (exact) mass is 367 g/mol. The van der Waals surface area contributed by atoms with Crippen molar-refractivity contribution < 1.29 is 4.79 Å². The molecule has 0 radical (unpaired) electrons. The van der Waals surface area contributed by atoms with Crippen molar-refractivity contribution in [2.45, 2.75) is 46.1 Å². The van der Waals surface area contributed by atoms with Crippen LogP contribution in [0.3, 0.4) is 0 Å². The average Bonchev–Trinajstić information content (AvgIpc) is 2.65. The Hall–Kier alpha value is -2.20. The minimum Gasteiger partial charge on any atom is -0.348 e. The highest BCUT2D eigenvalue weighted by atomic mass is 16.2. The van der Waals surface area contributed by atoms with Crippen molar-refractivity contribution in [2.24, 2.45) is 5.92 Å². The maximum atomic E-state index is 12.6. The number of carbonyl (C=O) groups is 1. The van der Waals surface area contributed by atoms with Crippen molar-refractivity contribution in [2.75, 3.05) is 20.1 Å². The number of pyridine rings is 1. The van der Waals surface area contributed by atoms with Gasteiger partial charge in [0.25, 0.3) is 0 Å². The van der Waals surface area contributed by atoms with Crippen LogP contribution >= 0.6 is 0 Å². The lowest BCUT2D eigenvalue weighted by Crippen LogP contribution is -2.39. The molecule has 1 heterocycles. The van der Waals surface area contributed by atoms with Crippen LogP contribution in [-0.2, 0) is 11.2 Å². The van der Waals surface area contributed by atoms with Crippen molar-refractivity contribution in [1.82, 2.24) is 15.2 Å². The first-order chi connectivity index (χ1) is 12.9. The van der Waals surface area contributed by atoms with Crippen molar-refractivity contribution in [3.63, 3.8) is 0 Å². The van der Waals surface area contributed by atoms with Crippen LogP contribution in [0.5, 0.6) is 0 Å². The molecule has 1 aromatic heterocycles. The third kappa shape index (κ3) is 6.79. The molecule has 2 rings (SSSR count). The van der Waals surface area contributed by atoms with Crippen molar-refractivity contribution >= 4 is 5.91 Å². The lowest BCUT2D eigenvalue weighted by molar-refractivity contribution is -0.123. The van der Waals surface area contributed by atoms with Crippen LogP contribution in [0.25, 0.3) is 0 Å². The predicted octanol–water partition coefficient (Wildman–Crippen LogP) is 4.19. The van der Waals surface area contributed by atoms with Crippen molar-refractivity contribution in [1.29, 1.82) is 0 Å². The maximum absolute atomic E-state index is 12.6. The Kier molecular flexibility index (Phi) is 7.99. The summed E-state index contributed by atoms with van der Waals surface area (Å²) in [4.78, 5) is 18.9. The number of likely N-dealkylation sites (N-methyl/N-ethyl adjacent to an activating group) is 1. The second-order valence-electron chi connectivity index (χ2n) is 7.92. The summed E-state index contributed by atoms with van der Waals surface area (Å²) in [5, 5.41) is 3.21. The van der Waals surface area contributed by atoms with E-state index in [0.29, 0.717) is 18.4 Å². The van der Waals surface area contributed by atoms with E-state index < -0.39 is 0 Å². The molecule has 0 spiro atoms. The third-order valence-electron chi connectivity index (χ3n) is 4.83. The number of hydrogen-bond donors (Lipinski definition) is 1. The Morgan fingerprint density at radius 3 is 2.26 bits per heavy atom. The van der Waals surface area contributed by atoms with Crippen LogP contribution in [0.1, 0.15) is 56.5 Å². The van der Waals surface area contributed by atoms with Gasteiger partial charge in [-0.15, -0.1) is 0 Å². The zero-order valence-corrected chi connectivity index (χ0v) is 17.3. The van der Waals surface area contributed by atoms with Crippen LogP contribution in [0.2, 0.25) is 0 Å². The number of aromatic nitrogens is 1. The Morgan fingerprint density at radius 2 is 1.70 bits per heavy atom. The molecule has 0 aliphatic carbocycles. The van der Waals surface area contributed by atoms with E-state index in [1.807, 2.05) is 30.1 Å². The van der Waals surface area contributed by atoms with Crippen molar-refractivity contribution in [3.8, 4) is 0 Å². The molecule has 1 amide bonds. The quantitative estimate of drug-likeness (QED) is 0.723. The molecule has 1 atom stereocenters. The Balaban J connectivity index is 1.90. The van der Waals surface area contributed by atoms with Gasteiger partial charge >= 0.3 is 0 Å². The second kappa shape index (κ2) is 10.2. The largest absolute Gasteiger partial charge is 0.348 e. The molecule has 2 aromatic rings. The Labute approximate surface area is 164 Å². The molecule has 0 fully saturated rings. The standard InChI is InChI=1S/C23H33N3O/c1-17(2)19-9-11-20(12-10-19)23(18(3)4)25-22(27)16-26(5)15-13-21-8-6-7-14-24-21/h6-12,14,17-18,23H,13,15-16H2,1-5H3,(H,25,27). The molecule has 0 bridgehead atoms. The van der Waals surface area contributed by atoms with Gasteiger partial charge in [0.1, 0.15) is 0 Å². The Morgan fingerprint density at radius 1 is 1.04 bits per heavy atom. The number of carbonyl (C=O) groups excluding carboxylic acids is 1. The van der Waals surface area contributed by atoms with Gasteiger partial charge < -0.3 is 5.32 Å². The molecular weight excluding hydrogens is 334 g/mol. The summed E-state index contributed by atoms with van der Waals surface area (Å²) >= 11 is 0. The molecule has 0 saturated carbocycles. The number of hydrogen-bond acceptors (Lipinski definition) is 3. The van der Waals surface area contributed by atoms with Gasteiger partial charge in [-0.05, 0) is 42.1 Å². The summed E-state index contributed by atoms with van der Waals surface area (Å²) in [6.45, 7) is 9.87. The minimum absolute atomic E-state index is 0.0305. The van der Waals surface area contributed by atoms with E-state index in [9.17, 15) is 4.79 Å². The topological polar surface area (TPSA) is 45.2 Å². The molecule has 1 aromatic carbocycles. The molecular formula is C23H33N3O. The maximum Gasteiger partial charge on any atom is 0.234 e. The van der Waals surface area contributed by atoms with Gasteiger partial charge in [-0.1, -0.05) is 58.0 Å². The van der Waals surface area contributed by atoms with Gasteiger partial charge in [0, 0.05) is 24.9 Å². The predicted molar refractivity (Wildman–Crippen MR) is 112 cm³/mol. The normalized spacial score (nSPS) is 12.6. The molecule has 0 saturated heterocycles. The minimum atomic E-state index is 0.0305. The summed E-state index contributed by atoms with van der Waals surface area (Å²) in [5.41, 5.74) is 3.54. The number of rotatable bonds is 9. The number of amides is 1. The summed E-state index contributed by atoms with van der Waals surface area (Å²) in [7, 11) is 1.98. The number of nitrogens with one attached hydrogen (secondary N) is 1. The lowest BCUT2D eigenvalue weighted by Gasteiger charge is -2.25. The fourth-order valence-corrected chi connectivity index (χ4v) is 3.12. The van der Waals surface area contributed by atoms with Gasteiger partial charge in [-0.25, -0.2) is 0 Å². The summed E-state index contributed by atoms with van der Waals surface area (Å²) in [6.07, 6.45) is 2.65. The first kappa shape index (κ1) is 21.1. The molecule has 0 aliphatic heterocycles. The molecule has 146 valence electrons. The summed E-state index contributed by atoms with van der Waals surface area (Å²) in [5.74, 6) is 0.904. The lowest BCUT2D eigenvalue weighted by atomic mass is 9.93. The van der Waals surface area contributed by atoms with E-state index in [1.165, 1.54) is 11.1 Å². The van der Waals surface area contributed by atoms with E-state index >= 15 is 0 Å². The van der Waals surface area contributed by atoms with E-state index in [0.717, 1.165) is 18.7 Å². The molecule has 4 heteroatoms. The first-order valence-electron chi connectivity index (χ1n) is 9.84. The van der Waals surface area contributed by atoms with E-state index in [1.54, 1.807) is 6.20 Å². The number of benzene rings is 1. The highest BCUT2D eigenvalue weighted by Crippen LogP contribution is 2.24. The second-order valence-corrected chi connectivity index (χ2v) is 7.92. The van der Waals surface area contributed by atoms with Crippen LogP contribution in [-0.4, -0.2) is 35.9 Å². The fourth-order valence-electron chi connectivity index (χ4n) is 3.12. The van der Waals surface area contributed by atoms with Crippen molar-refractivity contribution in [3.05, 3.63) is 65.5 Å². The summed E-state index contributed by atoms with van der Waals surface area (Å²) < 4.78 is 0. The SMILES string of the molecule is CC(C)c1ccc(C(NC(=O)CN(C)CCc2ccccn2)C(C)C)cc1. The van der Waals surface area contributed by atoms with Crippen LogP contribution in [0, 0.1) is 5.92 Å². The molecule has 1 unspecified atom stereocenters. The van der Waals surface area contributed by atoms with Crippen LogP contribution in [0.15, 0.2) is 48.7 Å². The van der Waals surface area contributed by atoms with Crippen LogP contribution in [0.4, 0.5) is 0 Å². The zero-order chi connectivity index (χ0) is 19.8. The Bertz CT molecular complexity index is 695. The van der Waals surface area contributed by atoms with E-state index in [4.69, 9.17) is 0 Å².